The van der Waals surface area contributed by atoms with Gasteiger partial charge in [0, 0.05) is 24.1 Å². The Morgan fingerprint density at radius 2 is 1.89 bits per heavy atom. The second kappa shape index (κ2) is 10.0. The molecule has 1 fully saturated rings. The van der Waals surface area contributed by atoms with E-state index in [1.54, 1.807) is 6.07 Å². The lowest BCUT2D eigenvalue weighted by Gasteiger charge is -2.35. The highest BCUT2D eigenvalue weighted by Gasteiger charge is 2.24. The SMILES string of the molecule is CC(C)Oc1cc(Br)ccc1C(=O)NCC(c1ccccc1)N1CCOCC1. The number of amides is 1. The van der Waals surface area contributed by atoms with E-state index in [9.17, 15) is 4.79 Å². The van der Waals surface area contributed by atoms with Crippen molar-refractivity contribution >= 4 is 21.8 Å². The molecule has 150 valence electrons. The highest BCUT2D eigenvalue weighted by molar-refractivity contribution is 9.10. The summed E-state index contributed by atoms with van der Waals surface area (Å²) in [5, 5.41) is 3.11. The molecule has 1 aliphatic rings. The van der Waals surface area contributed by atoms with Crippen LogP contribution in [0, 0.1) is 0 Å². The van der Waals surface area contributed by atoms with E-state index in [1.807, 2.05) is 44.2 Å². The van der Waals surface area contributed by atoms with E-state index in [1.165, 1.54) is 5.56 Å². The molecule has 1 atom stereocenters. The van der Waals surface area contributed by atoms with Crippen LogP contribution in [0.1, 0.15) is 35.8 Å². The Morgan fingerprint density at radius 1 is 1.18 bits per heavy atom. The Balaban J connectivity index is 1.75. The molecule has 1 unspecified atom stereocenters. The Bertz CT molecular complexity index is 777. The molecular formula is C22H27BrN2O3. The van der Waals surface area contributed by atoms with Gasteiger partial charge in [-0.1, -0.05) is 46.3 Å². The van der Waals surface area contributed by atoms with Crippen molar-refractivity contribution in [3.8, 4) is 5.75 Å². The molecule has 0 bridgehead atoms. The average molecular weight is 447 g/mol. The monoisotopic (exact) mass is 446 g/mol. The number of carbonyl (C=O) groups is 1. The van der Waals surface area contributed by atoms with Crippen molar-refractivity contribution in [2.75, 3.05) is 32.8 Å². The van der Waals surface area contributed by atoms with Crippen LogP contribution in [0.4, 0.5) is 0 Å². The third kappa shape index (κ3) is 5.56. The zero-order valence-corrected chi connectivity index (χ0v) is 17.9. The molecular weight excluding hydrogens is 420 g/mol. The Hall–Kier alpha value is -1.89. The number of carbonyl (C=O) groups excluding carboxylic acids is 1. The van der Waals surface area contributed by atoms with Gasteiger partial charge < -0.3 is 14.8 Å². The number of nitrogens with one attached hydrogen (secondary N) is 1. The van der Waals surface area contributed by atoms with Crippen LogP contribution in [0.15, 0.2) is 53.0 Å². The van der Waals surface area contributed by atoms with Crippen molar-refractivity contribution in [2.24, 2.45) is 0 Å². The van der Waals surface area contributed by atoms with Gasteiger partial charge in [0.2, 0.25) is 0 Å². The Kier molecular flexibility index (Phi) is 7.48. The van der Waals surface area contributed by atoms with Gasteiger partial charge in [-0.25, -0.2) is 0 Å². The second-order valence-corrected chi connectivity index (χ2v) is 8.01. The normalized spacial score (nSPS) is 16.0. The van der Waals surface area contributed by atoms with E-state index < -0.39 is 0 Å². The van der Waals surface area contributed by atoms with Crippen LogP contribution in [-0.4, -0.2) is 49.8 Å². The second-order valence-electron chi connectivity index (χ2n) is 7.09. The van der Waals surface area contributed by atoms with Crippen LogP contribution in [0.3, 0.4) is 0 Å². The number of morpholine rings is 1. The van der Waals surface area contributed by atoms with Crippen LogP contribution in [0.2, 0.25) is 0 Å². The fraction of sp³-hybridized carbons (Fsp3) is 0.409. The summed E-state index contributed by atoms with van der Waals surface area (Å²) in [7, 11) is 0. The van der Waals surface area contributed by atoms with Crippen molar-refractivity contribution in [3.05, 3.63) is 64.1 Å². The maximum absolute atomic E-state index is 12.9. The Morgan fingerprint density at radius 3 is 2.57 bits per heavy atom. The fourth-order valence-electron chi connectivity index (χ4n) is 3.34. The van der Waals surface area contributed by atoms with Crippen LogP contribution in [0.5, 0.6) is 5.75 Å². The first-order chi connectivity index (χ1) is 13.5. The van der Waals surface area contributed by atoms with Crippen LogP contribution < -0.4 is 10.1 Å². The number of hydrogen-bond acceptors (Lipinski definition) is 4. The van der Waals surface area contributed by atoms with E-state index in [0.29, 0.717) is 17.9 Å². The third-order valence-electron chi connectivity index (χ3n) is 4.68. The minimum Gasteiger partial charge on any atom is -0.490 e. The maximum Gasteiger partial charge on any atom is 0.255 e. The van der Waals surface area contributed by atoms with Gasteiger partial charge >= 0.3 is 0 Å². The van der Waals surface area contributed by atoms with Crippen molar-refractivity contribution < 1.29 is 14.3 Å². The largest absolute Gasteiger partial charge is 0.490 e. The number of hydrogen-bond donors (Lipinski definition) is 1. The molecule has 28 heavy (non-hydrogen) atoms. The molecule has 1 N–H and O–H groups in total. The molecule has 0 spiro atoms. The molecule has 1 saturated heterocycles. The first-order valence-corrected chi connectivity index (χ1v) is 10.4. The summed E-state index contributed by atoms with van der Waals surface area (Å²) in [5.74, 6) is 0.460. The lowest BCUT2D eigenvalue weighted by molar-refractivity contribution is 0.0162. The smallest absolute Gasteiger partial charge is 0.255 e. The van der Waals surface area contributed by atoms with Crippen LogP contribution >= 0.6 is 15.9 Å². The molecule has 1 amide bonds. The molecule has 2 aromatic carbocycles. The summed E-state index contributed by atoms with van der Waals surface area (Å²) in [5.41, 5.74) is 1.74. The number of rotatable bonds is 7. The first-order valence-electron chi connectivity index (χ1n) is 9.65. The fourth-order valence-corrected chi connectivity index (χ4v) is 3.68. The number of benzene rings is 2. The standard InChI is InChI=1S/C22H27BrN2O3/c1-16(2)28-21-14-18(23)8-9-19(21)22(26)24-15-20(17-6-4-3-5-7-17)25-10-12-27-13-11-25/h3-9,14,16,20H,10-13,15H2,1-2H3,(H,24,26). The topological polar surface area (TPSA) is 50.8 Å². The molecule has 3 rings (SSSR count). The van der Waals surface area contributed by atoms with Gasteiger partial charge in [0.05, 0.1) is 30.9 Å². The average Bonchev–Trinajstić information content (AvgIpc) is 2.69. The molecule has 0 aromatic heterocycles. The maximum atomic E-state index is 12.9. The van der Waals surface area contributed by atoms with E-state index in [-0.39, 0.29) is 18.1 Å². The predicted octanol–water partition coefficient (Wildman–Crippen LogP) is 4.04. The zero-order chi connectivity index (χ0) is 19.9. The van der Waals surface area contributed by atoms with Gasteiger partial charge in [-0.15, -0.1) is 0 Å². The molecule has 0 radical (unpaired) electrons. The van der Waals surface area contributed by atoms with E-state index in [4.69, 9.17) is 9.47 Å². The van der Waals surface area contributed by atoms with Crippen LogP contribution in [0.25, 0.3) is 0 Å². The number of nitrogens with zero attached hydrogens (tertiary/aromatic N) is 1. The summed E-state index contributed by atoms with van der Waals surface area (Å²) < 4.78 is 12.2. The minimum absolute atomic E-state index is 0.00809. The zero-order valence-electron chi connectivity index (χ0n) is 16.4. The number of halogens is 1. The molecule has 6 heteroatoms. The lowest BCUT2D eigenvalue weighted by Crippen LogP contribution is -2.43. The van der Waals surface area contributed by atoms with Gasteiger partial charge in [-0.05, 0) is 37.6 Å². The number of ether oxygens (including phenoxy) is 2. The molecule has 1 aliphatic heterocycles. The first kappa shape index (κ1) is 20.8. The highest BCUT2D eigenvalue weighted by atomic mass is 79.9. The summed E-state index contributed by atoms with van der Waals surface area (Å²) >= 11 is 3.45. The van der Waals surface area contributed by atoms with Gasteiger partial charge in [0.15, 0.2) is 0 Å². The van der Waals surface area contributed by atoms with E-state index in [0.717, 1.165) is 30.8 Å². The summed E-state index contributed by atoms with van der Waals surface area (Å²) in [6.45, 7) is 7.58. The van der Waals surface area contributed by atoms with Gasteiger partial charge in [-0.3, -0.25) is 9.69 Å². The minimum atomic E-state index is -0.127. The van der Waals surface area contributed by atoms with E-state index >= 15 is 0 Å². The molecule has 0 aliphatic carbocycles. The lowest BCUT2D eigenvalue weighted by atomic mass is 10.0. The van der Waals surface area contributed by atoms with Crippen molar-refractivity contribution in [1.29, 1.82) is 0 Å². The molecule has 2 aromatic rings. The molecule has 5 nitrogen and oxygen atoms in total. The van der Waals surface area contributed by atoms with E-state index in [2.05, 4.69) is 38.3 Å². The van der Waals surface area contributed by atoms with Gasteiger partial charge in [0.25, 0.3) is 5.91 Å². The van der Waals surface area contributed by atoms with Gasteiger partial charge in [0.1, 0.15) is 5.75 Å². The predicted molar refractivity (Wildman–Crippen MR) is 114 cm³/mol. The van der Waals surface area contributed by atoms with Crippen molar-refractivity contribution in [2.45, 2.75) is 26.0 Å². The summed E-state index contributed by atoms with van der Waals surface area (Å²) in [4.78, 5) is 15.3. The molecule has 0 saturated carbocycles. The quantitative estimate of drug-likeness (QED) is 0.696. The third-order valence-corrected chi connectivity index (χ3v) is 5.17. The van der Waals surface area contributed by atoms with Crippen molar-refractivity contribution in [1.82, 2.24) is 10.2 Å². The summed E-state index contributed by atoms with van der Waals surface area (Å²) in [6.07, 6.45) is -0.00809. The van der Waals surface area contributed by atoms with Crippen LogP contribution in [-0.2, 0) is 4.74 Å². The molecule has 1 heterocycles. The van der Waals surface area contributed by atoms with Crippen molar-refractivity contribution in [3.63, 3.8) is 0 Å². The Labute approximate surface area is 175 Å². The van der Waals surface area contributed by atoms with Gasteiger partial charge in [-0.2, -0.15) is 0 Å². The highest BCUT2D eigenvalue weighted by Crippen LogP contribution is 2.26. The summed E-state index contributed by atoms with van der Waals surface area (Å²) in [6, 6.07) is 15.9.